The molecule has 9 heteroatoms. The Morgan fingerprint density at radius 2 is 1.78 bits per heavy atom. The smallest absolute Gasteiger partial charge is 0.339 e. The number of rotatable bonds is 6. The highest BCUT2D eigenvalue weighted by molar-refractivity contribution is 7.91. The van der Waals surface area contributed by atoms with Gasteiger partial charge in [0.05, 0.1) is 16.2 Å². The molecule has 0 spiro atoms. The van der Waals surface area contributed by atoms with Crippen molar-refractivity contribution in [2.75, 3.05) is 18.9 Å². The number of nitrogens with one attached hydrogen (secondary N) is 2. The van der Waals surface area contributed by atoms with E-state index in [0.29, 0.717) is 6.54 Å². The predicted octanol–water partition coefficient (Wildman–Crippen LogP) is 0.483. The average molecular weight is 342 g/mol. The second-order valence-corrected chi connectivity index (χ2v) is 6.63. The molecule has 3 amide bonds. The van der Waals surface area contributed by atoms with E-state index in [2.05, 4.69) is 5.32 Å². The van der Waals surface area contributed by atoms with Gasteiger partial charge in [-0.25, -0.2) is 18.0 Å². The number of carbonyl (C=O) groups is 3. The van der Waals surface area contributed by atoms with Gasteiger partial charge in [0.25, 0.3) is 5.91 Å². The zero-order valence-electron chi connectivity index (χ0n) is 12.8. The summed E-state index contributed by atoms with van der Waals surface area (Å²) in [5.41, 5.74) is -0.153. The van der Waals surface area contributed by atoms with Gasteiger partial charge in [-0.3, -0.25) is 10.1 Å². The van der Waals surface area contributed by atoms with E-state index in [1.54, 1.807) is 6.92 Å². The molecule has 2 N–H and O–H groups in total. The highest BCUT2D eigenvalue weighted by Crippen LogP contribution is 2.17. The number of amides is 3. The Balaban J connectivity index is 2.77. The van der Waals surface area contributed by atoms with E-state index in [-0.39, 0.29) is 16.2 Å². The number of imide groups is 1. The topological polar surface area (TPSA) is 119 Å². The van der Waals surface area contributed by atoms with Gasteiger partial charge in [0.2, 0.25) is 0 Å². The molecule has 0 saturated carbocycles. The SMILES string of the molecule is CCNC(=O)NC(=O)COC(=O)c1ccccc1S(=O)(=O)CC. The third kappa shape index (κ3) is 5.37. The van der Waals surface area contributed by atoms with Crippen LogP contribution in [0.25, 0.3) is 0 Å². The summed E-state index contributed by atoms with van der Waals surface area (Å²) in [6.07, 6.45) is 0. The molecule has 0 heterocycles. The Labute approximate surface area is 134 Å². The number of esters is 1. The lowest BCUT2D eigenvalue weighted by Crippen LogP contribution is -2.41. The molecule has 0 aliphatic heterocycles. The molecular weight excluding hydrogens is 324 g/mol. The molecule has 0 unspecified atom stereocenters. The van der Waals surface area contributed by atoms with E-state index >= 15 is 0 Å². The molecule has 0 aliphatic rings. The minimum absolute atomic E-state index is 0.153. The number of hydrogen-bond donors (Lipinski definition) is 2. The lowest BCUT2D eigenvalue weighted by Gasteiger charge is -2.09. The van der Waals surface area contributed by atoms with Crippen LogP contribution in [0, 0.1) is 0 Å². The molecule has 0 aliphatic carbocycles. The van der Waals surface area contributed by atoms with Crippen molar-refractivity contribution in [2.45, 2.75) is 18.7 Å². The van der Waals surface area contributed by atoms with Gasteiger partial charge in [0, 0.05) is 6.54 Å². The van der Waals surface area contributed by atoms with E-state index in [9.17, 15) is 22.8 Å². The number of ether oxygens (including phenoxy) is 1. The minimum atomic E-state index is -3.60. The summed E-state index contributed by atoms with van der Waals surface area (Å²) in [7, 11) is -3.60. The summed E-state index contributed by atoms with van der Waals surface area (Å²) in [6.45, 7) is 2.77. The Hall–Kier alpha value is -2.42. The monoisotopic (exact) mass is 342 g/mol. The molecule has 0 saturated heterocycles. The number of urea groups is 1. The van der Waals surface area contributed by atoms with Crippen molar-refractivity contribution in [1.82, 2.24) is 10.6 Å². The molecular formula is C14H18N2O6S. The quantitative estimate of drug-likeness (QED) is 0.726. The zero-order chi connectivity index (χ0) is 17.5. The predicted molar refractivity (Wildman–Crippen MR) is 81.7 cm³/mol. The van der Waals surface area contributed by atoms with Crippen LogP contribution in [-0.2, 0) is 19.4 Å². The van der Waals surface area contributed by atoms with Crippen LogP contribution >= 0.6 is 0 Å². The fraction of sp³-hybridized carbons (Fsp3) is 0.357. The summed E-state index contributed by atoms with van der Waals surface area (Å²) in [5.74, 6) is -1.95. The van der Waals surface area contributed by atoms with Crippen LogP contribution in [0.15, 0.2) is 29.2 Å². The van der Waals surface area contributed by atoms with Crippen LogP contribution in [0.3, 0.4) is 0 Å². The molecule has 126 valence electrons. The third-order valence-electron chi connectivity index (χ3n) is 2.75. The lowest BCUT2D eigenvalue weighted by molar-refractivity contribution is -0.123. The Kier molecular flexibility index (Phi) is 6.70. The zero-order valence-corrected chi connectivity index (χ0v) is 13.6. The molecule has 1 rings (SSSR count). The van der Waals surface area contributed by atoms with Crippen LogP contribution in [-0.4, -0.2) is 45.2 Å². The van der Waals surface area contributed by atoms with Crippen molar-refractivity contribution in [3.63, 3.8) is 0 Å². The molecule has 0 bridgehead atoms. The van der Waals surface area contributed by atoms with Crippen molar-refractivity contribution in [3.05, 3.63) is 29.8 Å². The molecule has 0 radical (unpaired) electrons. The Bertz CT molecular complexity index is 699. The minimum Gasteiger partial charge on any atom is -0.452 e. The van der Waals surface area contributed by atoms with E-state index in [4.69, 9.17) is 4.74 Å². The second kappa shape index (κ2) is 8.28. The molecule has 23 heavy (non-hydrogen) atoms. The van der Waals surface area contributed by atoms with E-state index in [1.807, 2.05) is 5.32 Å². The first kappa shape index (κ1) is 18.6. The van der Waals surface area contributed by atoms with Gasteiger partial charge in [-0.05, 0) is 19.1 Å². The highest BCUT2D eigenvalue weighted by atomic mass is 32.2. The van der Waals surface area contributed by atoms with E-state index < -0.39 is 34.4 Å². The Morgan fingerprint density at radius 3 is 2.39 bits per heavy atom. The molecule has 0 aromatic heterocycles. The number of hydrogen-bond acceptors (Lipinski definition) is 6. The summed E-state index contributed by atoms with van der Waals surface area (Å²) in [6, 6.07) is 4.86. The first-order valence-corrected chi connectivity index (χ1v) is 8.53. The standard InChI is InChI=1S/C14H18N2O6S/c1-3-15-14(19)16-12(17)9-22-13(18)10-7-5-6-8-11(10)23(20,21)4-2/h5-8H,3-4,9H2,1-2H3,(H2,15,16,17,19). The van der Waals surface area contributed by atoms with Gasteiger partial charge < -0.3 is 10.1 Å². The molecule has 1 aromatic carbocycles. The van der Waals surface area contributed by atoms with Gasteiger partial charge in [0.15, 0.2) is 16.4 Å². The van der Waals surface area contributed by atoms with E-state index in [1.165, 1.54) is 31.2 Å². The number of carbonyl (C=O) groups excluding carboxylic acids is 3. The molecule has 0 fully saturated rings. The fourth-order valence-corrected chi connectivity index (χ4v) is 2.72. The molecule has 1 aromatic rings. The van der Waals surface area contributed by atoms with Crippen molar-refractivity contribution in [1.29, 1.82) is 0 Å². The largest absolute Gasteiger partial charge is 0.452 e. The summed E-state index contributed by atoms with van der Waals surface area (Å²) < 4.78 is 28.6. The van der Waals surface area contributed by atoms with Gasteiger partial charge in [-0.1, -0.05) is 19.1 Å². The van der Waals surface area contributed by atoms with Gasteiger partial charge in [-0.2, -0.15) is 0 Å². The first-order chi connectivity index (χ1) is 10.8. The van der Waals surface area contributed by atoms with Crippen LogP contribution < -0.4 is 10.6 Å². The van der Waals surface area contributed by atoms with Crippen molar-refractivity contribution in [2.24, 2.45) is 0 Å². The maximum Gasteiger partial charge on any atom is 0.339 e. The van der Waals surface area contributed by atoms with Crippen molar-refractivity contribution in [3.8, 4) is 0 Å². The second-order valence-electron chi connectivity index (χ2n) is 4.38. The van der Waals surface area contributed by atoms with E-state index in [0.717, 1.165) is 0 Å². The van der Waals surface area contributed by atoms with Crippen molar-refractivity contribution >= 4 is 27.7 Å². The molecule has 0 atom stereocenters. The fourth-order valence-electron chi connectivity index (χ4n) is 1.64. The van der Waals surface area contributed by atoms with Crippen LogP contribution in [0.5, 0.6) is 0 Å². The third-order valence-corrected chi connectivity index (χ3v) is 4.53. The number of benzene rings is 1. The first-order valence-electron chi connectivity index (χ1n) is 6.88. The normalized spacial score (nSPS) is 10.7. The van der Waals surface area contributed by atoms with Gasteiger partial charge in [0.1, 0.15) is 0 Å². The van der Waals surface area contributed by atoms with Crippen LogP contribution in [0.2, 0.25) is 0 Å². The van der Waals surface area contributed by atoms with Crippen LogP contribution in [0.4, 0.5) is 4.79 Å². The average Bonchev–Trinajstić information content (AvgIpc) is 2.52. The summed E-state index contributed by atoms with van der Waals surface area (Å²) >= 11 is 0. The maximum absolute atomic E-state index is 12.0. The lowest BCUT2D eigenvalue weighted by atomic mass is 10.2. The maximum atomic E-state index is 12.0. The Morgan fingerprint density at radius 1 is 1.13 bits per heavy atom. The van der Waals surface area contributed by atoms with Crippen LogP contribution in [0.1, 0.15) is 24.2 Å². The summed E-state index contributed by atoms with van der Waals surface area (Å²) in [4.78, 5) is 34.4. The van der Waals surface area contributed by atoms with Gasteiger partial charge >= 0.3 is 12.0 Å². The van der Waals surface area contributed by atoms with Gasteiger partial charge in [-0.15, -0.1) is 0 Å². The highest BCUT2D eigenvalue weighted by Gasteiger charge is 2.22. The van der Waals surface area contributed by atoms with Crippen molar-refractivity contribution < 1.29 is 27.5 Å². The summed E-state index contributed by atoms with van der Waals surface area (Å²) in [5, 5.41) is 4.30. The number of sulfone groups is 1. The molecule has 8 nitrogen and oxygen atoms in total.